The second kappa shape index (κ2) is 7.28. The third-order valence-electron chi connectivity index (χ3n) is 3.26. The van der Waals surface area contributed by atoms with Gasteiger partial charge in [0.15, 0.2) is 11.5 Å². The summed E-state index contributed by atoms with van der Waals surface area (Å²) in [4.78, 5) is 2.18. The number of β-amino-alcohol motifs (C(OH)–C–C–N with tert-alkyl or cyclic N) is 1. The van der Waals surface area contributed by atoms with E-state index in [9.17, 15) is 10.2 Å². The summed E-state index contributed by atoms with van der Waals surface area (Å²) in [6.45, 7) is 3.78. The minimum atomic E-state index is -0.520. The second-order valence-corrected chi connectivity index (χ2v) is 4.77. The van der Waals surface area contributed by atoms with E-state index < -0.39 is 6.10 Å². The molecule has 5 heteroatoms. The number of aromatic hydroxyl groups is 1. The van der Waals surface area contributed by atoms with Gasteiger partial charge in [0.1, 0.15) is 0 Å². The van der Waals surface area contributed by atoms with Crippen LogP contribution in [0.1, 0.15) is 5.56 Å². The molecule has 2 rings (SSSR count). The zero-order valence-corrected chi connectivity index (χ0v) is 11.7. The van der Waals surface area contributed by atoms with Gasteiger partial charge in [-0.25, -0.2) is 0 Å². The number of nitrogens with zero attached hydrogens (tertiary/aromatic N) is 1. The average molecular weight is 279 g/mol. The largest absolute Gasteiger partial charge is 0.504 e. The summed E-state index contributed by atoms with van der Waals surface area (Å²) < 4.78 is 10.3. The summed E-state index contributed by atoms with van der Waals surface area (Å²) in [6.07, 6.45) is 3.06. The first-order valence-corrected chi connectivity index (χ1v) is 6.72. The van der Waals surface area contributed by atoms with Gasteiger partial charge in [-0.15, -0.1) is 0 Å². The fourth-order valence-electron chi connectivity index (χ4n) is 2.13. The van der Waals surface area contributed by atoms with Crippen LogP contribution in [0.3, 0.4) is 0 Å². The molecule has 1 fully saturated rings. The fourth-order valence-corrected chi connectivity index (χ4v) is 2.13. The fraction of sp³-hybridized carbons (Fsp3) is 0.467. The maximum atomic E-state index is 9.99. The Morgan fingerprint density at radius 3 is 2.85 bits per heavy atom. The monoisotopic (exact) mass is 279 g/mol. The number of morpholine rings is 1. The third-order valence-corrected chi connectivity index (χ3v) is 3.26. The molecule has 20 heavy (non-hydrogen) atoms. The Morgan fingerprint density at radius 1 is 1.40 bits per heavy atom. The maximum absolute atomic E-state index is 9.99. The summed E-state index contributed by atoms with van der Waals surface area (Å²) in [5.41, 5.74) is 0.876. The van der Waals surface area contributed by atoms with Crippen molar-refractivity contribution in [2.24, 2.45) is 0 Å². The molecule has 1 unspecified atom stereocenters. The summed E-state index contributed by atoms with van der Waals surface area (Å²) in [6, 6.07) is 5.08. The second-order valence-electron chi connectivity index (χ2n) is 4.77. The van der Waals surface area contributed by atoms with Crippen molar-refractivity contribution in [2.75, 3.05) is 40.0 Å². The van der Waals surface area contributed by atoms with Crippen LogP contribution in [0.2, 0.25) is 0 Å². The first-order valence-electron chi connectivity index (χ1n) is 6.72. The maximum Gasteiger partial charge on any atom is 0.161 e. The van der Waals surface area contributed by atoms with E-state index in [1.165, 1.54) is 7.11 Å². The highest BCUT2D eigenvalue weighted by Crippen LogP contribution is 2.26. The van der Waals surface area contributed by atoms with Crippen molar-refractivity contribution in [1.82, 2.24) is 4.90 Å². The predicted molar refractivity (Wildman–Crippen MR) is 77.0 cm³/mol. The van der Waals surface area contributed by atoms with Gasteiger partial charge in [-0.2, -0.15) is 0 Å². The number of phenols is 1. The van der Waals surface area contributed by atoms with Crippen LogP contribution in [-0.4, -0.2) is 61.2 Å². The molecule has 0 saturated carbocycles. The quantitative estimate of drug-likeness (QED) is 0.845. The molecular formula is C15H21NO4. The molecule has 1 aromatic carbocycles. The summed E-state index contributed by atoms with van der Waals surface area (Å²) in [5, 5.41) is 19.5. The topological polar surface area (TPSA) is 62.2 Å². The van der Waals surface area contributed by atoms with Crippen LogP contribution in [0, 0.1) is 0 Å². The molecule has 1 aliphatic heterocycles. The molecule has 1 aromatic rings. The number of aliphatic hydroxyl groups excluding tert-OH is 1. The first-order chi connectivity index (χ1) is 9.69. The molecule has 2 N–H and O–H groups in total. The highest BCUT2D eigenvalue weighted by Gasteiger charge is 2.12. The van der Waals surface area contributed by atoms with Crippen LogP contribution < -0.4 is 4.74 Å². The predicted octanol–water partition coefficient (Wildman–Crippen LogP) is 1.11. The minimum absolute atomic E-state index is 0.110. The summed E-state index contributed by atoms with van der Waals surface area (Å²) >= 11 is 0. The average Bonchev–Trinajstić information content (AvgIpc) is 2.47. The van der Waals surface area contributed by atoms with Crippen molar-refractivity contribution in [3.05, 3.63) is 29.8 Å². The highest BCUT2D eigenvalue weighted by molar-refractivity contribution is 5.55. The molecule has 1 atom stereocenters. The number of hydrogen-bond acceptors (Lipinski definition) is 5. The lowest BCUT2D eigenvalue weighted by Crippen LogP contribution is -2.40. The van der Waals surface area contributed by atoms with Gasteiger partial charge < -0.3 is 19.7 Å². The van der Waals surface area contributed by atoms with E-state index in [4.69, 9.17) is 9.47 Å². The van der Waals surface area contributed by atoms with Gasteiger partial charge in [0, 0.05) is 19.6 Å². The van der Waals surface area contributed by atoms with E-state index in [-0.39, 0.29) is 5.75 Å². The number of benzene rings is 1. The number of methoxy groups -OCH3 is 1. The van der Waals surface area contributed by atoms with Crippen molar-refractivity contribution in [3.8, 4) is 11.5 Å². The molecule has 0 aromatic heterocycles. The van der Waals surface area contributed by atoms with Gasteiger partial charge >= 0.3 is 0 Å². The van der Waals surface area contributed by atoms with Crippen LogP contribution in [0.15, 0.2) is 24.3 Å². The minimum Gasteiger partial charge on any atom is -0.504 e. The molecule has 1 aliphatic rings. The SMILES string of the molecule is COc1cc(/C=C\C(O)CN2CCOCC2)ccc1O. The Labute approximate surface area is 119 Å². The van der Waals surface area contributed by atoms with Crippen LogP contribution in [0.25, 0.3) is 6.08 Å². The van der Waals surface area contributed by atoms with Crippen molar-refractivity contribution in [2.45, 2.75) is 6.10 Å². The Balaban J connectivity index is 1.90. The van der Waals surface area contributed by atoms with Gasteiger partial charge in [-0.3, -0.25) is 4.90 Å². The van der Waals surface area contributed by atoms with E-state index in [1.807, 2.05) is 6.08 Å². The Hall–Kier alpha value is -1.56. The van der Waals surface area contributed by atoms with E-state index in [0.29, 0.717) is 12.3 Å². The molecule has 1 heterocycles. The lowest BCUT2D eigenvalue weighted by molar-refractivity contribution is 0.0223. The van der Waals surface area contributed by atoms with Gasteiger partial charge in [-0.1, -0.05) is 18.2 Å². The van der Waals surface area contributed by atoms with Crippen LogP contribution in [0.5, 0.6) is 11.5 Å². The molecule has 0 aliphatic carbocycles. The van der Waals surface area contributed by atoms with E-state index >= 15 is 0 Å². The molecule has 110 valence electrons. The standard InChI is InChI=1S/C15H21NO4/c1-19-15-10-12(3-5-14(15)18)2-4-13(17)11-16-6-8-20-9-7-16/h2-5,10,13,17-18H,6-9,11H2,1H3/b4-2-. The molecule has 0 radical (unpaired) electrons. The van der Waals surface area contributed by atoms with Crippen molar-refractivity contribution >= 4 is 6.08 Å². The van der Waals surface area contributed by atoms with Gasteiger partial charge in [0.2, 0.25) is 0 Å². The zero-order chi connectivity index (χ0) is 14.4. The van der Waals surface area contributed by atoms with E-state index in [0.717, 1.165) is 31.9 Å². The molecular weight excluding hydrogens is 258 g/mol. The number of ether oxygens (including phenoxy) is 2. The Bertz CT molecular complexity index is 455. The number of aliphatic hydroxyl groups is 1. The van der Waals surface area contributed by atoms with Crippen LogP contribution in [0.4, 0.5) is 0 Å². The number of rotatable bonds is 5. The molecule has 5 nitrogen and oxygen atoms in total. The molecule has 0 spiro atoms. The van der Waals surface area contributed by atoms with Gasteiger partial charge in [0.05, 0.1) is 26.4 Å². The molecule has 0 bridgehead atoms. The van der Waals surface area contributed by atoms with E-state index in [2.05, 4.69) is 4.90 Å². The zero-order valence-electron chi connectivity index (χ0n) is 11.7. The first kappa shape index (κ1) is 14.8. The highest BCUT2D eigenvalue weighted by atomic mass is 16.5. The lowest BCUT2D eigenvalue weighted by atomic mass is 10.1. The van der Waals surface area contributed by atoms with Gasteiger partial charge in [-0.05, 0) is 17.7 Å². The number of phenolic OH excluding ortho intramolecular Hbond substituents is 1. The molecule has 0 amide bonds. The summed E-state index contributed by atoms with van der Waals surface area (Å²) in [5.74, 6) is 0.535. The van der Waals surface area contributed by atoms with Gasteiger partial charge in [0.25, 0.3) is 0 Å². The normalized spacial score (nSPS) is 18.3. The van der Waals surface area contributed by atoms with Crippen molar-refractivity contribution in [1.29, 1.82) is 0 Å². The number of hydrogen-bond donors (Lipinski definition) is 2. The smallest absolute Gasteiger partial charge is 0.161 e. The van der Waals surface area contributed by atoms with E-state index in [1.54, 1.807) is 24.3 Å². The Kier molecular flexibility index (Phi) is 5.40. The van der Waals surface area contributed by atoms with Crippen LogP contribution >= 0.6 is 0 Å². The van der Waals surface area contributed by atoms with Crippen LogP contribution in [-0.2, 0) is 4.74 Å². The Morgan fingerprint density at radius 2 is 2.15 bits per heavy atom. The van der Waals surface area contributed by atoms with Crippen molar-refractivity contribution in [3.63, 3.8) is 0 Å². The van der Waals surface area contributed by atoms with Crippen molar-refractivity contribution < 1.29 is 19.7 Å². The summed E-state index contributed by atoms with van der Waals surface area (Å²) in [7, 11) is 1.51. The third kappa shape index (κ3) is 4.23. The lowest BCUT2D eigenvalue weighted by Gasteiger charge is -2.27. The molecule has 1 saturated heterocycles.